The molecular formula is C26H30N4O. The molecule has 5 nitrogen and oxygen atoms in total. The van der Waals surface area contributed by atoms with Gasteiger partial charge in [-0.05, 0) is 93.7 Å². The number of nitrogens with one attached hydrogen (secondary N) is 1. The van der Waals surface area contributed by atoms with Gasteiger partial charge in [0.05, 0.1) is 23.0 Å². The highest BCUT2D eigenvalue weighted by Crippen LogP contribution is 2.61. The lowest BCUT2D eigenvalue weighted by atomic mass is 9.48. The van der Waals surface area contributed by atoms with Gasteiger partial charge in [-0.3, -0.25) is 4.79 Å². The van der Waals surface area contributed by atoms with Crippen LogP contribution < -0.4 is 5.32 Å². The first-order valence-corrected chi connectivity index (χ1v) is 11.7. The predicted octanol–water partition coefficient (Wildman–Crippen LogP) is 5.06. The van der Waals surface area contributed by atoms with Crippen molar-refractivity contribution in [3.8, 4) is 5.82 Å². The minimum atomic E-state index is -0.00668. The van der Waals surface area contributed by atoms with Gasteiger partial charge in [-0.15, -0.1) is 0 Å². The van der Waals surface area contributed by atoms with Crippen molar-refractivity contribution in [2.24, 2.45) is 23.2 Å². The van der Waals surface area contributed by atoms with E-state index >= 15 is 0 Å². The summed E-state index contributed by atoms with van der Waals surface area (Å²) in [5.41, 5.74) is 2.70. The average molecular weight is 415 g/mol. The van der Waals surface area contributed by atoms with E-state index in [2.05, 4.69) is 17.3 Å². The Morgan fingerprint density at radius 3 is 2.45 bits per heavy atom. The van der Waals surface area contributed by atoms with E-state index in [9.17, 15) is 4.79 Å². The third-order valence-corrected chi connectivity index (χ3v) is 8.41. The number of carbonyl (C=O) groups excluding carboxylic acids is 1. The molecular weight excluding hydrogens is 384 g/mol. The number of carbonyl (C=O) groups is 1. The Labute approximate surface area is 183 Å². The van der Waals surface area contributed by atoms with Gasteiger partial charge in [0.15, 0.2) is 5.82 Å². The van der Waals surface area contributed by atoms with Gasteiger partial charge in [0.1, 0.15) is 0 Å². The van der Waals surface area contributed by atoms with Crippen molar-refractivity contribution in [2.75, 3.05) is 0 Å². The monoisotopic (exact) mass is 414 g/mol. The fraction of sp³-hybridized carbons (Fsp3) is 0.500. The molecule has 4 fully saturated rings. The lowest BCUT2D eigenvalue weighted by Crippen LogP contribution is -2.55. The number of nitrogens with zero attached hydrogens (tertiary/aromatic N) is 3. The van der Waals surface area contributed by atoms with Gasteiger partial charge in [0.2, 0.25) is 0 Å². The summed E-state index contributed by atoms with van der Waals surface area (Å²) in [7, 11) is 0. The molecule has 0 radical (unpaired) electrons. The minimum Gasteiger partial charge on any atom is -0.349 e. The average Bonchev–Trinajstić information content (AvgIpc) is 3.14. The maximum atomic E-state index is 13.2. The van der Waals surface area contributed by atoms with Crippen molar-refractivity contribution in [1.82, 2.24) is 20.1 Å². The van der Waals surface area contributed by atoms with E-state index in [1.165, 1.54) is 38.5 Å². The Kier molecular flexibility index (Phi) is 4.24. The number of aromatic nitrogens is 3. The van der Waals surface area contributed by atoms with E-state index in [0.717, 1.165) is 40.2 Å². The Balaban J connectivity index is 1.24. The number of fused-ring (bicyclic) bond motifs is 1. The molecule has 4 saturated carbocycles. The van der Waals surface area contributed by atoms with Crippen LogP contribution in [0.4, 0.5) is 0 Å². The van der Waals surface area contributed by atoms with Crippen LogP contribution in [-0.2, 0) is 0 Å². The van der Waals surface area contributed by atoms with Gasteiger partial charge in [-0.25, -0.2) is 9.67 Å². The molecule has 4 bridgehead atoms. The molecule has 4 aliphatic carbocycles. The summed E-state index contributed by atoms with van der Waals surface area (Å²) in [5.74, 6) is 3.38. The van der Waals surface area contributed by atoms with Crippen LogP contribution in [0.25, 0.3) is 16.7 Å². The first-order chi connectivity index (χ1) is 15.0. The van der Waals surface area contributed by atoms with Crippen LogP contribution in [0.15, 0.2) is 42.6 Å². The molecule has 1 unspecified atom stereocenters. The summed E-state index contributed by atoms with van der Waals surface area (Å²) in [6, 6.07) is 12.3. The summed E-state index contributed by atoms with van der Waals surface area (Å²) in [4.78, 5) is 18.0. The molecule has 2 heterocycles. The normalized spacial score (nSPS) is 29.9. The standard InChI is InChI=1S/C26H30N4O/c1-16-22(15-27-30(16)24-8-7-21-5-3-4-6-23(21)29-24)25(31)28-17(2)26-12-18-9-19(13-26)11-20(10-18)14-26/h3-8,15,17-20H,9-14H2,1-2H3,(H,28,31). The second kappa shape index (κ2) is 6.91. The Hall–Kier alpha value is -2.69. The number of rotatable bonds is 4. The molecule has 4 aliphatic rings. The molecule has 1 aromatic carbocycles. The molecule has 160 valence electrons. The van der Waals surface area contributed by atoms with Crippen molar-refractivity contribution < 1.29 is 4.79 Å². The Bertz CT molecular complexity index is 1130. The topological polar surface area (TPSA) is 59.8 Å². The molecule has 1 atom stereocenters. The van der Waals surface area contributed by atoms with E-state index in [-0.39, 0.29) is 11.9 Å². The minimum absolute atomic E-state index is 0.00668. The number of hydrogen-bond donors (Lipinski definition) is 1. The molecule has 0 saturated heterocycles. The largest absolute Gasteiger partial charge is 0.349 e. The van der Waals surface area contributed by atoms with Crippen molar-refractivity contribution in [3.05, 3.63) is 53.9 Å². The quantitative estimate of drug-likeness (QED) is 0.649. The van der Waals surface area contributed by atoms with Gasteiger partial charge >= 0.3 is 0 Å². The van der Waals surface area contributed by atoms with E-state index < -0.39 is 0 Å². The maximum Gasteiger partial charge on any atom is 0.254 e. The molecule has 31 heavy (non-hydrogen) atoms. The zero-order valence-electron chi connectivity index (χ0n) is 18.3. The molecule has 2 aromatic heterocycles. The van der Waals surface area contributed by atoms with E-state index in [1.807, 2.05) is 43.3 Å². The molecule has 0 aliphatic heterocycles. The number of pyridine rings is 1. The van der Waals surface area contributed by atoms with Gasteiger partial charge in [-0.1, -0.05) is 18.2 Å². The summed E-state index contributed by atoms with van der Waals surface area (Å²) in [6.45, 7) is 4.18. The summed E-state index contributed by atoms with van der Waals surface area (Å²) < 4.78 is 1.77. The summed E-state index contributed by atoms with van der Waals surface area (Å²) >= 11 is 0. The number of hydrogen-bond acceptors (Lipinski definition) is 3. The van der Waals surface area contributed by atoms with Crippen LogP contribution in [0.3, 0.4) is 0 Å². The Morgan fingerprint density at radius 1 is 1.06 bits per heavy atom. The molecule has 1 N–H and O–H groups in total. The molecule has 0 spiro atoms. The highest BCUT2D eigenvalue weighted by Gasteiger charge is 2.53. The number of amides is 1. The van der Waals surface area contributed by atoms with Gasteiger partial charge in [0.25, 0.3) is 5.91 Å². The van der Waals surface area contributed by atoms with Crippen molar-refractivity contribution >= 4 is 16.8 Å². The fourth-order valence-electron chi connectivity index (χ4n) is 7.17. The van der Waals surface area contributed by atoms with Crippen molar-refractivity contribution in [1.29, 1.82) is 0 Å². The predicted molar refractivity (Wildman–Crippen MR) is 121 cm³/mol. The van der Waals surface area contributed by atoms with Crippen LogP contribution in [0.5, 0.6) is 0 Å². The summed E-state index contributed by atoms with van der Waals surface area (Å²) in [6.07, 6.45) is 9.83. The third-order valence-electron chi connectivity index (χ3n) is 8.41. The molecule has 7 rings (SSSR count). The summed E-state index contributed by atoms with van der Waals surface area (Å²) in [5, 5.41) is 8.98. The third kappa shape index (κ3) is 3.08. The van der Waals surface area contributed by atoms with Crippen molar-refractivity contribution in [3.63, 3.8) is 0 Å². The van der Waals surface area contributed by atoms with E-state index in [0.29, 0.717) is 11.0 Å². The molecule has 3 aromatic rings. The fourth-order valence-corrected chi connectivity index (χ4v) is 7.17. The second-order valence-corrected chi connectivity index (χ2v) is 10.4. The highest BCUT2D eigenvalue weighted by molar-refractivity contribution is 5.95. The second-order valence-electron chi connectivity index (χ2n) is 10.4. The zero-order valence-corrected chi connectivity index (χ0v) is 18.3. The smallest absolute Gasteiger partial charge is 0.254 e. The van der Waals surface area contributed by atoms with E-state index in [4.69, 9.17) is 4.98 Å². The van der Waals surface area contributed by atoms with Crippen LogP contribution in [0, 0.1) is 30.1 Å². The number of benzene rings is 1. The lowest BCUT2D eigenvalue weighted by molar-refractivity contribution is -0.0688. The van der Waals surface area contributed by atoms with Gasteiger partial charge in [-0.2, -0.15) is 5.10 Å². The SMILES string of the molecule is Cc1c(C(=O)NC(C)C23CC4CC(CC(C4)C2)C3)cnn1-c1ccc2ccccc2n1. The maximum absolute atomic E-state index is 13.2. The van der Waals surface area contributed by atoms with Gasteiger partial charge in [0, 0.05) is 11.4 Å². The first kappa shape index (κ1) is 19.0. The molecule has 1 amide bonds. The van der Waals surface area contributed by atoms with Crippen LogP contribution in [0.1, 0.15) is 61.5 Å². The van der Waals surface area contributed by atoms with Crippen LogP contribution in [-0.4, -0.2) is 26.7 Å². The van der Waals surface area contributed by atoms with E-state index in [1.54, 1.807) is 10.9 Å². The van der Waals surface area contributed by atoms with Gasteiger partial charge < -0.3 is 5.32 Å². The zero-order chi connectivity index (χ0) is 21.2. The molecule has 5 heteroatoms. The van der Waals surface area contributed by atoms with Crippen molar-refractivity contribution in [2.45, 2.75) is 58.4 Å². The first-order valence-electron chi connectivity index (χ1n) is 11.7. The van der Waals surface area contributed by atoms with Crippen LogP contribution >= 0.6 is 0 Å². The van der Waals surface area contributed by atoms with Crippen LogP contribution in [0.2, 0.25) is 0 Å². The Morgan fingerprint density at radius 2 is 1.74 bits per heavy atom. The lowest BCUT2D eigenvalue weighted by Gasteiger charge is -2.59. The number of para-hydroxylation sites is 1. The highest BCUT2D eigenvalue weighted by atomic mass is 16.1.